The molecule has 0 fully saturated rings. The predicted molar refractivity (Wildman–Crippen MR) is 127 cm³/mol. The van der Waals surface area contributed by atoms with E-state index in [0.29, 0.717) is 6.54 Å². The summed E-state index contributed by atoms with van der Waals surface area (Å²) in [6.07, 6.45) is 4.01. The topological polar surface area (TPSA) is 37.3 Å². The van der Waals surface area contributed by atoms with E-state index in [1.54, 1.807) is 23.9 Å². The van der Waals surface area contributed by atoms with Crippen LogP contribution in [0.2, 0.25) is 0 Å². The number of thioether (sulfide) groups is 1. The van der Waals surface area contributed by atoms with E-state index in [-0.39, 0.29) is 17.9 Å². The molecular weight excluding hydrogens is 421 g/mol. The van der Waals surface area contributed by atoms with Gasteiger partial charge >= 0.3 is 6.03 Å². The molecule has 5 rings (SSSR count). The number of hydrogen-bond acceptors (Lipinski definition) is 2. The van der Waals surface area contributed by atoms with Gasteiger partial charge in [0.05, 0.1) is 18.3 Å². The number of amides is 2. The van der Waals surface area contributed by atoms with Crippen LogP contribution in [0.1, 0.15) is 22.9 Å². The predicted octanol–water partition coefficient (Wildman–Crippen LogP) is 6.48. The Hall–Kier alpha value is -3.51. The Morgan fingerprint density at radius 3 is 2.62 bits per heavy atom. The first-order valence-corrected chi connectivity index (χ1v) is 11.6. The average Bonchev–Trinajstić information content (AvgIpc) is 3.24. The van der Waals surface area contributed by atoms with Gasteiger partial charge in [-0.3, -0.25) is 0 Å². The normalized spacial score (nSPS) is 14.9. The minimum atomic E-state index is -0.373. The van der Waals surface area contributed by atoms with Gasteiger partial charge in [0.25, 0.3) is 0 Å². The fraction of sp³-hybridized carbons (Fsp3) is 0.115. The van der Waals surface area contributed by atoms with Crippen LogP contribution in [-0.4, -0.2) is 21.8 Å². The largest absolute Gasteiger partial charge is 0.322 e. The highest BCUT2D eigenvalue weighted by Gasteiger charge is 2.33. The molecule has 4 aromatic rings. The van der Waals surface area contributed by atoms with Crippen molar-refractivity contribution in [2.24, 2.45) is 0 Å². The summed E-state index contributed by atoms with van der Waals surface area (Å²) in [6, 6.07) is 25.7. The molecule has 3 aromatic carbocycles. The standard InChI is InChI=1S/C26H22FN3OS/c1-32-22-8-4-7-21(16-22)28-26(31)30-17-19-6-2-3-9-23(19)29-15-5-10-24(29)25(30)18-11-13-20(27)14-12-18/h2-16,25H,17H2,1H3,(H,28,31)/t25-/m1/s1. The van der Waals surface area contributed by atoms with E-state index >= 15 is 0 Å². The molecule has 0 spiro atoms. The molecule has 0 saturated carbocycles. The lowest BCUT2D eigenvalue weighted by Crippen LogP contribution is -2.37. The summed E-state index contributed by atoms with van der Waals surface area (Å²) >= 11 is 1.63. The van der Waals surface area contributed by atoms with Gasteiger partial charge in [0, 0.05) is 22.5 Å². The molecule has 1 aliphatic heterocycles. The zero-order valence-electron chi connectivity index (χ0n) is 17.5. The number of benzene rings is 3. The first kappa shape index (κ1) is 20.4. The molecule has 0 aliphatic carbocycles. The van der Waals surface area contributed by atoms with Gasteiger partial charge in [0.15, 0.2) is 0 Å². The molecule has 2 amide bonds. The molecule has 0 radical (unpaired) electrons. The number of rotatable bonds is 3. The molecule has 4 nitrogen and oxygen atoms in total. The summed E-state index contributed by atoms with van der Waals surface area (Å²) in [5.74, 6) is -0.300. The molecule has 32 heavy (non-hydrogen) atoms. The van der Waals surface area contributed by atoms with Crippen molar-refractivity contribution >= 4 is 23.5 Å². The summed E-state index contributed by atoms with van der Waals surface area (Å²) in [5, 5.41) is 3.07. The number of aromatic nitrogens is 1. The third-order valence-electron chi connectivity index (χ3n) is 5.73. The maximum atomic E-state index is 13.7. The van der Waals surface area contributed by atoms with E-state index in [1.165, 1.54) is 12.1 Å². The monoisotopic (exact) mass is 443 g/mol. The fourth-order valence-electron chi connectivity index (χ4n) is 4.23. The van der Waals surface area contributed by atoms with E-state index in [0.717, 1.165) is 33.1 Å². The van der Waals surface area contributed by atoms with Crippen LogP contribution < -0.4 is 5.32 Å². The van der Waals surface area contributed by atoms with Crippen LogP contribution in [0.15, 0.2) is 96.0 Å². The number of carbonyl (C=O) groups excluding carboxylic acids is 1. The van der Waals surface area contributed by atoms with Gasteiger partial charge in [-0.1, -0.05) is 36.4 Å². The smallest absolute Gasteiger partial charge is 0.318 e. The van der Waals surface area contributed by atoms with Crippen molar-refractivity contribution in [3.05, 3.63) is 114 Å². The Bertz CT molecular complexity index is 1270. The van der Waals surface area contributed by atoms with E-state index in [9.17, 15) is 9.18 Å². The quantitative estimate of drug-likeness (QED) is 0.368. The lowest BCUT2D eigenvalue weighted by atomic mass is 10.0. The van der Waals surface area contributed by atoms with Crippen molar-refractivity contribution in [3.63, 3.8) is 0 Å². The summed E-state index contributed by atoms with van der Waals surface area (Å²) < 4.78 is 15.8. The molecular formula is C26H22FN3OS. The molecule has 1 aromatic heterocycles. The fourth-order valence-corrected chi connectivity index (χ4v) is 4.69. The number of anilines is 1. The van der Waals surface area contributed by atoms with Gasteiger partial charge in [0.2, 0.25) is 0 Å². The summed E-state index contributed by atoms with van der Waals surface area (Å²) in [5.41, 5.74) is 4.64. The van der Waals surface area contributed by atoms with Crippen LogP contribution in [0.25, 0.3) is 5.69 Å². The van der Waals surface area contributed by atoms with Gasteiger partial charge in [-0.15, -0.1) is 11.8 Å². The maximum Gasteiger partial charge on any atom is 0.322 e. The van der Waals surface area contributed by atoms with Crippen LogP contribution in [0.3, 0.4) is 0 Å². The number of halogens is 1. The van der Waals surface area contributed by atoms with E-state index in [2.05, 4.69) is 16.0 Å². The lowest BCUT2D eigenvalue weighted by Gasteiger charge is -2.31. The SMILES string of the molecule is CSc1cccc(NC(=O)N2Cc3ccccc3-n3cccc3[C@H]2c2ccc(F)cc2)c1. The Morgan fingerprint density at radius 1 is 1.00 bits per heavy atom. The number of fused-ring (bicyclic) bond motifs is 3. The Morgan fingerprint density at radius 2 is 1.81 bits per heavy atom. The second-order valence-electron chi connectivity index (χ2n) is 7.68. The Labute approximate surface area is 190 Å². The molecule has 6 heteroatoms. The molecule has 1 atom stereocenters. The van der Waals surface area contributed by atoms with Gasteiger partial charge in [-0.2, -0.15) is 0 Å². The highest BCUT2D eigenvalue weighted by molar-refractivity contribution is 7.98. The number of para-hydroxylation sites is 1. The number of nitrogens with zero attached hydrogens (tertiary/aromatic N) is 2. The van der Waals surface area contributed by atoms with Gasteiger partial charge < -0.3 is 14.8 Å². The second-order valence-corrected chi connectivity index (χ2v) is 8.56. The molecule has 1 N–H and O–H groups in total. The van der Waals surface area contributed by atoms with Crippen LogP contribution in [-0.2, 0) is 6.54 Å². The zero-order valence-corrected chi connectivity index (χ0v) is 18.4. The van der Waals surface area contributed by atoms with Crippen molar-refractivity contribution in [2.75, 3.05) is 11.6 Å². The van der Waals surface area contributed by atoms with Crippen LogP contribution in [0.5, 0.6) is 0 Å². The molecule has 1 aliphatic rings. The van der Waals surface area contributed by atoms with Crippen LogP contribution in [0, 0.1) is 5.82 Å². The molecule has 0 saturated heterocycles. The lowest BCUT2D eigenvalue weighted by molar-refractivity contribution is 0.194. The van der Waals surface area contributed by atoms with E-state index in [1.807, 2.05) is 71.9 Å². The first-order valence-electron chi connectivity index (χ1n) is 10.4. The number of carbonyl (C=O) groups is 1. The third-order valence-corrected chi connectivity index (χ3v) is 6.46. The number of hydrogen-bond donors (Lipinski definition) is 1. The maximum absolute atomic E-state index is 13.7. The zero-order chi connectivity index (χ0) is 22.1. The summed E-state index contributed by atoms with van der Waals surface area (Å²) in [7, 11) is 0. The Balaban J connectivity index is 1.61. The second kappa shape index (κ2) is 8.55. The van der Waals surface area contributed by atoms with E-state index < -0.39 is 0 Å². The molecule has 160 valence electrons. The highest BCUT2D eigenvalue weighted by Crippen LogP contribution is 2.37. The molecule has 0 bridgehead atoms. The van der Waals surface area contributed by atoms with Crippen molar-refractivity contribution in [1.82, 2.24) is 9.47 Å². The summed E-state index contributed by atoms with van der Waals surface area (Å²) in [6.45, 7) is 0.425. The molecule has 0 unspecified atom stereocenters. The van der Waals surface area contributed by atoms with Gasteiger partial charge in [-0.25, -0.2) is 9.18 Å². The van der Waals surface area contributed by atoms with Crippen molar-refractivity contribution in [2.45, 2.75) is 17.5 Å². The molecule has 2 heterocycles. The van der Waals surface area contributed by atoms with Gasteiger partial charge in [-0.05, 0) is 65.9 Å². The Kier molecular flexibility index (Phi) is 5.45. The van der Waals surface area contributed by atoms with Crippen LogP contribution in [0.4, 0.5) is 14.9 Å². The minimum absolute atomic E-state index is 0.206. The van der Waals surface area contributed by atoms with Crippen LogP contribution >= 0.6 is 11.8 Å². The average molecular weight is 444 g/mol. The number of urea groups is 1. The number of nitrogens with one attached hydrogen (secondary N) is 1. The summed E-state index contributed by atoms with van der Waals surface area (Å²) in [4.78, 5) is 16.5. The first-order chi connectivity index (χ1) is 15.6. The van der Waals surface area contributed by atoms with Crippen molar-refractivity contribution in [1.29, 1.82) is 0 Å². The minimum Gasteiger partial charge on any atom is -0.318 e. The van der Waals surface area contributed by atoms with Crippen molar-refractivity contribution < 1.29 is 9.18 Å². The van der Waals surface area contributed by atoms with E-state index in [4.69, 9.17) is 0 Å². The van der Waals surface area contributed by atoms with Gasteiger partial charge in [0.1, 0.15) is 5.82 Å². The highest BCUT2D eigenvalue weighted by atomic mass is 32.2. The third kappa shape index (κ3) is 3.78. The van der Waals surface area contributed by atoms with Crippen molar-refractivity contribution in [3.8, 4) is 5.69 Å².